The molecular weight excluding hydrogens is 204 g/mol. The summed E-state index contributed by atoms with van der Waals surface area (Å²) in [7, 11) is 0. The third-order valence-corrected chi connectivity index (χ3v) is 2.39. The summed E-state index contributed by atoms with van der Waals surface area (Å²) in [4.78, 5) is 10.3. The van der Waals surface area contributed by atoms with Gasteiger partial charge in [-0.15, -0.1) is 0 Å². The van der Waals surface area contributed by atoms with Gasteiger partial charge in [0.05, 0.1) is 12.5 Å². The van der Waals surface area contributed by atoms with Gasteiger partial charge in [-0.05, 0) is 24.0 Å². The molecular formula is C13H16O3. The molecule has 1 rings (SSSR count). The van der Waals surface area contributed by atoms with Crippen molar-refractivity contribution in [1.82, 2.24) is 0 Å². The second-order valence-electron chi connectivity index (χ2n) is 3.74. The monoisotopic (exact) mass is 220 g/mol. The number of aliphatic carboxylic acids is 1. The fourth-order valence-electron chi connectivity index (χ4n) is 1.46. The molecule has 3 nitrogen and oxygen atoms in total. The summed E-state index contributed by atoms with van der Waals surface area (Å²) in [6.07, 6.45) is 1.97. The molecule has 0 radical (unpaired) electrons. The smallest absolute Gasteiger partial charge is 0.305 e. The minimum absolute atomic E-state index is 0.190. The van der Waals surface area contributed by atoms with Crippen molar-refractivity contribution in [2.75, 3.05) is 0 Å². The summed E-state index contributed by atoms with van der Waals surface area (Å²) in [6, 6.07) is 7.83. The van der Waals surface area contributed by atoms with E-state index in [1.54, 1.807) is 6.08 Å². The van der Waals surface area contributed by atoms with Crippen LogP contribution in [-0.4, -0.2) is 22.3 Å². The van der Waals surface area contributed by atoms with Crippen LogP contribution in [0.15, 0.2) is 30.8 Å². The van der Waals surface area contributed by atoms with Crippen LogP contribution in [0, 0.1) is 0 Å². The molecule has 0 heterocycles. The van der Waals surface area contributed by atoms with Crippen LogP contribution in [0.4, 0.5) is 0 Å². The van der Waals surface area contributed by atoms with Gasteiger partial charge in [-0.2, -0.15) is 0 Å². The number of aryl methyl sites for hydroxylation is 1. The molecule has 1 unspecified atom stereocenters. The SMILES string of the molecule is C=Cc1ccc(CCC(O)CC(=O)O)cc1. The van der Waals surface area contributed by atoms with Crippen molar-refractivity contribution in [2.45, 2.75) is 25.4 Å². The number of hydrogen-bond donors (Lipinski definition) is 2. The van der Waals surface area contributed by atoms with Crippen molar-refractivity contribution in [2.24, 2.45) is 0 Å². The van der Waals surface area contributed by atoms with Crippen LogP contribution in [0.2, 0.25) is 0 Å². The summed E-state index contributed by atoms with van der Waals surface area (Å²) in [6.45, 7) is 3.66. The van der Waals surface area contributed by atoms with E-state index < -0.39 is 12.1 Å². The van der Waals surface area contributed by atoms with Gasteiger partial charge in [0.2, 0.25) is 0 Å². The topological polar surface area (TPSA) is 57.5 Å². The quantitative estimate of drug-likeness (QED) is 0.771. The molecule has 0 aliphatic carbocycles. The van der Waals surface area contributed by atoms with E-state index in [1.165, 1.54) is 0 Å². The van der Waals surface area contributed by atoms with Crippen LogP contribution in [0.1, 0.15) is 24.0 Å². The third kappa shape index (κ3) is 4.28. The van der Waals surface area contributed by atoms with Crippen molar-refractivity contribution in [3.63, 3.8) is 0 Å². The fraction of sp³-hybridized carbons (Fsp3) is 0.308. The van der Waals surface area contributed by atoms with E-state index >= 15 is 0 Å². The molecule has 2 N–H and O–H groups in total. The molecule has 0 aliphatic heterocycles. The lowest BCUT2D eigenvalue weighted by atomic mass is 10.0. The van der Waals surface area contributed by atoms with Gasteiger partial charge in [-0.25, -0.2) is 0 Å². The van der Waals surface area contributed by atoms with Crippen LogP contribution in [0.3, 0.4) is 0 Å². The highest BCUT2D eigenvalue weighted by Gasteiger charge is 2.09. The minimum atomic E-state index is -0.963. The Morgan fingerprint density at radius 1 is 1.38 bits per heavy atom. The van der Waals surface area contributed by atoms with E-state index in [4.69, 9.17) is 5.11 Å². The highest BCUT2D eigenvalue weighted by Crippen LogP contribution is 2.10. The Morgan fingerprint density at radius 2 is 2.00 bits per heavy atom. The molecule has 1 aromatic carbocycles. The molecule has 3 heteroatoms. The summed E-state index contributed by atoms with van der Waals surface area (Å²) in [5.41, 5.74) is 2.14. The van der Waals surface area contributed by atoms with Gasteiger partial charge in [-0.3, -0.25) is 4.79 Å². The normalized spacial score (nSPS) is 12.1. The van der Waals surface area contributed by atoms with Crippen LogP contribution in [-0.2, 0) is 11.2 Å². The molecule has 0 fully saturated rings. The van der Waals surface area contributed by atoms with Crippen LogP contribution >= 0.6 is 0 Å². The zero-order valence-corrected chi connectivity index (χ0v) is 9.10. The van der Waals surface area contributed by atoms with Crippen molar-refractivity contribution in [3.05, 3.63) is 42.0 Å². The number of carbonyl (C=O) groups is 1. The van der Waals surface area contributed by atoms with Crippen LogP contribution in [0.5, 0.6) is 0 Å². The number of hydrogen-bond acceptors (Lipinski definition) is 2. The van der Waals surface area contributed by atoms with E-state index in [1.807, 2.05) is 24.3 Å². The lowest BCUT2D eigenvalue weighted by Crippen LogP contribution is -2.13. The van der Waals surface area contributed by atoms with Gasteiger partial charge in [0.1, 0.15) is 0 Å². The summed E-state index contributed by atoms with van der Waals surface area (Å²) >= 11 is 0. The Kier molecular flexibility index (Phi) is 4.73. The fourth-order valence-corrected chi connectivity index (χ4v) is 1.46. The standard InChI is InChI=1S/C13H16O3/c1-2-10-3-5-11(6-4-10)7-8-12(14)9-13(15)16/h2-6,12,14H,1,7-9H2,(H,15,16). The molecule has 16 heavy (non-hydrogen) atoms. The molecule has 0 spiro atoms. The summed E-state index contributed by atoms with van der Waals surface area (Å²) < 4.78 is 0. The molecule has 0 aliphatic rings. The van der Waals surface area contributed by atoms with E-state index in [2.05, 4.69) is 6.58 Å². The van der Waals surface area contributed by atoms with Crippen molar-refractivity contribution >= 4 is 12.0 Å². The highest BCUT2D eigenvalue weighted by atomic mass is 16.4. The number of carboxylic acid groups (broad SMARTS) is 1. The number of aliphatic hydroxyl groups excluding tert-OH is 1. The summed E-state index contributed by atoms with van der Waals surface area (Å²) in [5.74, 6) is -0.963. The molecule has 0 aromatic heterocycles. The Hall–Kier alpha value is -1.61. The second kappa shape index (κ2) is 6.08. The van der Waals surface area contributed by atoms with Crippen molar-refractivity contribution in [1.29, 1.82) is 0 Å². The van der Waals surface area contributed by atoms with Gasteiger partial charge in [0, 0.05) is 0 Å². The van der Waals surface area contributed by atoms with E-state index in [0.29, 0.717) is 12.8 Å². The molecule has 86 valence electrons. The van der Waals surface area contributed by atoms with Gasteiger partial charge in [-0.1, -0.05) is 36.9 Å². The zero-order valence-electron chi connectivity index (χ0n) is 9.10. The van der Waals surface area contributed by atoms with Crippen molar-refractivity contribution in [3.8, 4) is 0 Å². The molecule has 1 atom stereocenters. The first-order valence-corrected chi connectivity index (χ1v) is 5.23. The summed E-state index contributed by atoms with van der Waals surface area (Å²) in [5, 5.41) is 17.9. The molecule has 0 amide bonds. The van der Waals surface area contributed by atoms with E-state index in [-0.39, 0.29) is 6.42 Å². The van der Waals surface area contributed by atoms with Gasteiger partial charge >= 0.3 is 5.97 Å². The first kappa shape index (κ1) is 12.5. The molecule has 1 aromatic rings. The molecule has 0 saturated carbocycles. The maximum Gasteiger partial charge on any atom is 0.305 e. The predicted molar refractivity (Wildman–Crippen MR) is 63.1 cm³/mol. The predicted octanol–water partition coefficient (Wildman–Crippen LogP) is 2.10. The number of aliphatic hydroxyl groups is 1. The first-order valence-electron chi connectivity index (χ1n) is 5.23. The highest BCUT2D eigenvalue weighted by molar-refractivity contribution is 5.67. The third-order valence-electron chi connectivity index (χ3n) is 2.39. The van der Waals surface area contributed by atoms with E-state index in [0.717, 1.165) is 11.1 Å². The first-order chi connectivity index (χ1) is 7.61. The Labute approximate surface area is 95.0 Å². The zero-order chi connectivity index (χ0) is 12.0. The number of carboxylic acids is 1. The van der Waals surface area contributed by atoms with E-state index in [9.17, 15) is 9.90 Å². The second-order valence-corrected chi connectivity index (χ2v) is 3.74. The maximum atomic E-state index is 10.3. The van der Waals surface area contributed by atoms with Gasteiger partial charge in [0.15, 0.2) is 0 Å². The number of benzene rings is 1. The molecule has 0 saturated heterocycles. The lowest BCUT2D eigenvalue weighted by molar-refractivity contribution is -0.139. The minimum Gasteiger partial charge on any atom is -0.481 e. The molecule has 0 bridgehead atoms. The maximum absolute atomic E-state index is 10.3. The average molecular weight is 220 g/mol. The Morgan fingerprint density at radius 3 is 2.50 bits per heavy atom. The average Bonchev–Trinajstić information content (AvgIpc) is 2.26. The largest absolute Gasteiger partial charge is 0.481 e. The Balaban J connectivity index is 2.42. The van der Waals surface area contributed by atoms with Crippen LogP contribution in [0.25, 0.3) is 6.08 Å². The van der Waals surface area contributed by atoms with Gasteiger partial charge in [0.25, 0.3) is 0 Å². The number of rotatable bonds is 6. The van der Waals surface area contributed by atoms with Crippen molar-refractivity contribution < 1.29 is 15.0 Å². The lowest BCUT2D eigenvalue weighted by Gasteiger charge is -2.07. The van der Waals surface area contributed by atoms with Crippen LogP contribution < -0.4 is 0 Å². The Bertz CT molecular complexity index is 354. The van der Waals surface area contributed by atoms with Gasteiger partial charge < -0.3 is 10.2 Å².